The van der Waals surface area contributed by atoms with Gasteiger partial charge in [0, 0.05) is 37.9 Å². The second-order valence-electron chi connectivity index (χ2n) is 6.39. The first-order valence-corrected chi connectivity index (χ1v) is 9.31. The molecule has 1 saturated heterocycles. The Morgan fingerprint density at radius 1 is 1.14 bits per heavy atom. The average Bonchev–Trinajstić information content (AvgIpc) is 3.11. The maximum atomic E-state index is 12.8. The third kappa shape index (κ3) is 3.62. The van der Waals surface area contributed by atoms with Crippen molar-refractivity contribution in [3.8, 4) is 0 Å². The molecule has 1 amide bonds. The molecule has 146 valence electrons. The second-order valence-corrected chi connectivity index (χ2v) is 7.24. The number of piperazine rings is 1. The monoisotopic (exact) mass is 425 g/mol. The van der Waals surface area contributed by atoms with Crippen LogP contribution in [-0.2, 0) is 0 Å². The van der Waals surface area contributed by atoms with Gasteiger partial charge in [-0.15, -0.1) is 0 Å². The topological polar surface area (TPSA) is 65.1 Å². The normalized spacial score (nSPS) is 14.9. The number of pyridine rings is 1. The number of fused-ring (bicyclic) bond motifs is 1. The number of alkyl halides is 2. The van der Waals surface area contributed by atoms with E-state index in [1.54, 1.807) is 29.2 Å². The summed E-state index contributed by atoms with van der Waals surface area (Å²) in [5, 5.41) is 0.929. The lowest BCUT2D eigenvalue weighted by molar-refractivity contribution is 0.0746. The molecule has 1 aliphatic heterocycles. The summed E-state index contributed by atoms with van der Waals surface area (Å²) in [6.45, 7) is 2.12. The van der Waals surface area contributed by atoms with Gasteiger partial charge in [0.05, 0.1) is 21.1 Å². The SMILES string of the molecule is O=C(c1ccc2nc(C(F)F)[nH]c2c1)N1CCN(c2ncc(Cl)cc2Cl)CC1. The Hall–Kier alpha value is -2.45. The maximum Gasteiger partial charge on any atom is 0.295 e. The van der Waals surface area contributed by atoms with Gasteiger partial charge in [0.1, 0.15) is 5.82 Å². The van der Waals surface area contributed by atoms with Crippen LogP contribution in [-0.4, -0.2) is 51.9 Å². The molecule has 0 atom stereocenters. The quantitative estimate of drug-likeness (QED) is 0.683. The number of rotatable bonds is 3. The molecule has 2 aromatic heterocycles. The van der Waals surface area contributed by atoms with Gasteiger partial charge in [-0.1, -0.05) is 23.2 Å². The minimum Gasteiger partial charge on any atom is -0.352 e. The molecule has 0 radical (unpaired) electrons. The smallest absolute Gasteiger partial charge is 0.295 e. The number of amides is 1. The number of imidazole rings is 1. The second kappa shape index (κ2) is 7.52. The molecule has 3 aromatic rings. The molecule has 3 heterocycles. The predicted octanol–water partition coefficient (Wildman–Crippen LogP) is 4.16. The summed E-state index contributed by atoms with van der Waals surface area (Å²) in [7, 11) is 0. The lowest BCUT2D eigenvalue weighted by Crippen LogP contribution is -2.49. The van der Waals surface area contributed by atoms with Crippen LogP contribution in [0.2, 0.25) is 10.0 Å². The number of aromatic amines is 1. The summed E-state index contributed by atoms with van der Waals surface area (Å²) < 4.78 is 25.6. The van der Waals surface area contributed by atoms with Crippen molar-refractivity contribution in [3.63, 3.8) is 0 Å². The number of carbonyl (C=O) groups excluding carboxylic acids is 1. The number of hydrogen-bond donors (Lipinski definition) is 1. The molecule has 6 nitrogen and oxygen atoms in total. The van der Waals surface area contributed by atoms with E-state index in [0.29, 0.717) is 58.6 Å². The number of nitrogens with zero attached hydrogens (tertiary/aromatic N) is 4. The Morgan fingerprint density at radius 3 is 2.57 bits per heavy atom. The highest BCUT2D eigenvalue weighted by atomic mass is 35.5. The summed E-state index contributed by atoms with van der Waals surface area (Å²) in [5.74, 6) is 0.0713. The first-order chi connectivity index (χ1) is 13.4. The number of H-pyrrole nitrogens is 1. The van der Waals surface area contributed by atoms with Crippen molar-refractivity contribution in [2.75, 3.05) is 31.1 Å². The van der Waals surface area contributed by atoms with Gasteiger partial charge in [0.25, 0.3) is 12.3 Å². The molecule has 10 heteroatoms. The summed E-state index contributed by atoms with van der Waals surface area (Å²) in [4.78, 5) is 27.2. The van der Waals surface area contributed by atoms with E-state index >= 15 is 0 Å². The molecule has 0 bridgehead atoms. The Balaban J connectivity index is 1.47. The Kier molecular flexibility index (Phi) is 5.07. The van der Waals surface area contributed by atoms with Crippen LogP contribution in [0.4, 0.5) is 14.6 Å². The molecule has 0 aliphatic carbocycles. The van der Waals surface area contributed by atoms with Gasteiger partial charge in [0.15, 0.2) is 5.82 Å². The van der Waals surface area contributed by atoms with E-state index < -0.39 is 12.2 Å². The van der Waals surface area contributed by atoms with Crippen LogP contribution >= 0.6 is 23.2 Å². The zero-order valence-electron chi connectivity index (χ0n) is 14.5. The average molecular weight is 426 g/mol. The van der Waals surface area contributed by atoms with E-state index in [-0.39, 0.29) is 5.91 Å². The highest BCUT2D eigenvalue weighted by molar-refractivity contribution is 6.36. The summed E-state index contributed by atoms with van der Waals surface area (Å²) >= 11 is 12.1. The van der Waals surface area contributed by atoms with E-state index in [2.05, 4.69) is 15.0 Å². The van der Waals surface area contributed by atoms with Gasteiger partial charge in [0.2, 0.25) is 0 Å². The zero-order chi connectivity index (χ0) is 19.8. The zero-order valence-corrected chi connectivity index (χ0v) is 16.0. The van der Waals surface area contributed by atoms with Crippen molar-refractivity contribution in [1.29, 1.82) is 0 Å². The highest BCUT2D eigenvalue weighted by Crippen LogP contribution is 2.27. The van der Waals surface area contributed by atoms with Crippen LogP contribution in [0, 0.1) is 0 Å². The molecular formula is C18H15Cl2F2N5O. The third-order valence-corrected chi connectivity index (χ3v) is 5.09. The lowest BCUT2D eigenvalue weighted by atomic mass is 10.1. The first-order valence-electron chi connectivity index (χ1n) is 8.55. The van der Waals surface area contributed by atoms with E-state index in [4.69, 9.17) is 23.2 Å². The Bertz CT molecular complexity index is 1030. The minimum absolute atomic E-state index is 0.162. The first kappa shape index (κ1) is 18.9. The molecule has 1 fully saturated rings. The van der Waals surface area contributed by atoms with Gasteiger partial charge in [-0.25, -0.2) is 18.7 Å². The van der Waals surface area contributed by atoms with Crippen molar-refractivity contribution >= 4 is 46.0 Å². The van der Waals surface area contributed by atoms with Crippen LogP contribution < -0.4 is 4.90 Å². The van der Waals surface area contributed by atoms with Crippen molar-refractivity contribution in [1.82, 2.24) is 19.9 Å². The largest absolute Gasteiger partial charge is 0.352 e. The molecule has 4 rings (SSSR count). The maximum absolute atomic E-state index is 12.8. The minimum atomic E-state index is -2.69. The van der Waals surface area contributed by atoms with Crippen LogP contribution in [0.5, 0.6) is 0 Å². The number of anilines is 1. The summed E-state index contributed by atoms with van der Waals surface area (Å²) in [6.07, 6.45) is -1.15. The fraction of sp³-hybridized carbons (Fsp3) is 0.278. The molecule has 0 spiro atoms. The molecular weight excluding hydrogens is 411 g/mol. The summed E-state index contributed by atoms with van der Waals surface area (Å²) in [6, 6.07) is 6.36. The molecule has 0 saturated carbocycles. The van der Waals surface area contributed by atoms with Gasteiger partial charge in [-0.2, -0.15) is 0 Å². The third-order valence-electron chi connectivity index (χ3n) is 4.61. The Labute approximate surface area is 169 Å². The molecule has 0 unspecified atom stereocenters. The number of hydrogen-bond acceptors (Lipinski definition) is 4. The van der Waals surface area contributed by atoms with Crippen LogP contribution in [0.3, 0.4) is 0 Å². The van der Waals surface area contributed by atoms with Gasteiger partial charge >= 0.3 is 0 Å². The fourth-order valence-corrected chi connectivity index (χ4v) is 3.71. The van der Waals surface area contributed by atoms with Crippen LogP contribution in [0.25, 0.3) is 11.0 Å². The van der Waals surface area contributed by atoms with Crippen molar-refractivity contribution in [3.05, 3.63) is 51.9 Å². The van der Waals surface area contributed by atoms with Gasteiger partial charge < -0.3 is 14.8 Å². The molecule has 1 N–H and O–H groups in total. The lowest BCUT2D eigenvalue weighted by Gasteiger charge is -2.35. The number of carbonyl (C=O) groups is 1. The van der Waals surface area contributed by atoms with Crippen molar-refractivity contribution < 1.29 is 13.6 Å². The van der Waals surface area contributed by atoms with Crippen LogP contribution in [0.15, 0.2) is 30.5 Å². The standard InChI is InChI=1S/C18H15Cl2F2N5O/c19-11-8-12(20)17(23-9-11)26-3-5-27(6-4-26)18(28)10-1-2-13-14(7-10)25-16(24-13)15(21)22/h1-2,7-9,15H,3-6H2,(H,24,25). The Morgan fingerprint density at radius 2 is 1.89 bits per heavy atom. The number of nitrogens with one attached hydrogen (secondary N) is 1. The van der Waals surface area contributed by atoms with Gasteiger partial charge in [-0.3, -0.25) is 4.79 Å². The molecule has 1 aliphatic rings. The summed E-state index contributed by atoms with van der Waals surface area (Å²) in [5.41, 5.74) is 1.24. The van der Waals surface area contributed by atoms with Crippen molar-refractivity contribution in [2.45, 2.75) is 6.43 Å². The van der Waals surface area contributed by atoms with E-state index in [9.17, 15) is 13.6 Å². The molecule has 1 aromatic carbocycles. The van der Waals surface area contributed by atoms with Crippen molar-refractivity contribution in [2.24, 2.45) is 0 Å². The number of aromatic nitrogens is 3. The van der Waals surface area contributed by atoms with Crippen LogP contribution in [0.1, 0.15) is 22.6 Å². The fourth-order valence-electron chi connectivity index (χ4n) is 3.21. The van der Waals surface area contributed by atoms with E-state index in [1.807, 2.05) is 4.90 Å². The number of halogens is 4. The highest BCUT2D eigenvalue weighted by Gasteiger charge is 2.24. The van der Waals surface area contributed by atoms with E-state index in [1.165, 1.54) is 6.20 Å². The number of benzene rings is 1. The molecule has 28 heavy (non-hydrogen) atoms. The van der Waals surface area contributed by atoms with E-state index in [0.717, 1.165) is 0 Å². The van der Waals surface area contributed by atoms with Gasteiger partial charge in [-0.05, 0) is 24.3 Å². The predicted molar refractivity (Wildman–Crippen MR) is 103 cm³/mol.